The molecule has 3 nitrogen and oxygen atoms in total. The zero-order valence-corrected chi connectivity index (χ0v) is 10.4. The SMILES string of the molecule is COc1ccc(OCc2ccc(F)c(C#N)c2)cc1. The number of hydrogen-bond donors (Lipinski definition) is 0. The van der Waals surface area contributed by atoms with Crippen molar-refractivity contribution in [3.63, 3.8) is 0 Å². The van der Waals surface area contributed by atoms with Crippen LogP contribution in [0, 0.1) is 17.1 Å². The van der Waals surface area contributed by atoms with Gasteiger partial charge in [-0.1, -0.05) is 6.07 Å². The van der Waals surface area contributed by atoms with Gasteiger partial charge in [-0.05, 0) is 42.0 Å². The molecule has 0 aliphatic heterocycles. The molecule has 2 aromatic carbocycles. The van der Waals surface area contributed by atoms with Crippen molar-refractivity contribution in [2.45, 2.75) is 6.61 Å². The maximum absolute atomic E-state index is 13.1. The lowest BCUT2D eigenvalue weighted by Gasteiger charge is -2.07. The lowest BCUT2D eigenvalue weighted by molar-refractivity contribution is 0.305. The van der Waals surface area contributed by atoms with Crippen molar-refractivity contribution >= 4 is 0 Å². The molecule has 0 unspecified atom stereocenters. The Morgan fingerprint density at radius 1 is 1.11 bits per heavy atom. The van der Waals surface area contributed by atoms with E-state index in [4.69, 9.17) is 14.7 Å². The zero-order chi connectivity index (χ0) is 13.7. The van der Waals surface area contributed by atoms with Crippen molar-refractivity contribution in [3.05, 3.63) is 59.4 Å². The van der Waals surface area contributed by atoms with Gasteiger partial charge in [0.25, 0.3) is 0 Å². The number of halogens is 1. The summed E-state index contributed by atoms with van der Waals surface area (Å²) in [6.45, 7) is 0.279. The van der Waals surface area contributed by atoms with Crippen LogP contribution in [-0.4, -0.2) is 7.11 Å². The summed E-state index contributed by atoms with van der Waals surface area (Å²) in [4.78, 5) is 0. The summed E-state index contributed by atoms with van der Waals surface area (Å²) in [5, 5.41) is 8.74. The highest BCUT2D eigenvalue weighted by Crippen LogP contribution is 2.18. The minimum atomic E-state index is -0.518. The summed E-state index contributed by atoms with van der Waals surface area (Å²) in [7, 11) is 1.60. The highest BCUT2D eigenvalue weighted by atomic mass is 19.1. The van der Waals surface area contributed by atoms with Gasteiger partial charge in [-0.15, -0.1) is 0 Å². The fourth-order valence-corrected chi connectivity index (χ4v) is 1.59. The lowest BCUT2D eigenvalue weighted by Crippen LogP contribution is -1.97. The molecule has 0 amide bonds. The number of methoxy groups -OCH3 is 1. The van der Waals surface area contributed by atoms with Crippen molar-refractivity contribution in [2.24, 2.45) is 0 Å². The van der Waals surface area contributed by atoms with Crippen LogP contribution in [0.15, 0.2) is 42.5 Å². The molecule has 0 heterocycles. The van der Waals surface area contributed by atoms with Gasteiger partial charge in [0.1, 0.15) is 30.0 Å². The molecule has 0 atom stereocenters. The van der Waals surface area contributed by atoms with Crippen LogP contribution in [0.4, 0.5) is 4.39 Å². The predicted octanol–water partition coefficient (Wildman–Crippen LogP) is 3.28. The second-order valence-electron chi connectivity index (χ2n) is 3.89. The Morgan fingerprint density at radius 3 is 2.42 bits per heavy atom. The van der Waals surface area contributed by atoms with Gasteiger partial charge in [-0.25, -0.2) is 4.39 Å². The first-order valence-electron chi connectivity index (χ1n) is 5.68. The number of nitrogens with zero attached hydrogens (tertiary/aromatic N) is 1. The molecule has 4 heteroatoms. The minimum absolute atomic E-state index is 0.0239. The first-order valence-corrected chi connectivity index (χ1v) is 5.68. The third-order valence-electron chi connectivity index (χ3n) is 2.62. The van der Waals surface area contributed by atoms with Crippen LogP contribution in [0.1, 0.15) is 11.1 Å². The van der Waals surface area contributed by atoms with E-state index in [1.165, 1.54) is 12.1 Å². The van der Waals surface area contributed by atoms with Crippen molar-refractivity contribution < 1.29 is 13.9 Å². The first kappa shape index (κ1) is 12.9. The van der Waals surface area contributed by atoms with Gasteiger partial charge in [-0.3, -0.25) is 0 Å². The van der Waals surface area contributed by atoms with Crippen molar-refractivity contribution in [2.75, 3.05) is 7.11 Å². The molecule has 0 radical (unpaired) electrons. The van der Waals surface area contributed by atoms with Gasteiger partial charge in [-0.2, -0.15) is 5.26 Å². The summed E-state index contributed by atoms with van der Waals surface area (Å²) in [5.74, 6) is 0.917. The fraction of sp³-hybridized carbons (Fsp3) is 0.133. The monoisotopic (exact) mass is 257 g/mol. The maximum atomic E-state index is 13.1. The second kappa shape index (κ2) is 5.87. The van der Waals surface area contributed by atoms with E-state index in [2.05, 4.69) is 0 Å². The summed E-state index contributed by atoms with van der Waals surface area (Å²) in [5.41, 5.74) is 0.768. The molecule has 0 N–H and O–H groups in total. The van der Waals surface area contributed by atoms with E-state index in [-0.39, 0.29) is 12.2 Å². The third-order valence-corrected chi connectivity index (χ3v) is 2.62. The quantitative estimate of drug-likeness (QED) is 0.844. The molecule has 2 aromatic rings. The minimum Gasteiger partial charge on any atom is -0.497 e. The van der Waals surface area contributed by atoms with Crippen LogP contribution < -0.4 is 9.47 Å². The van der Waals surface area contributed by atoms with Crippen LogP contribution >= 0.6 is 0 Å². The summed E-state index contributed by atoms with van der Waals surface area (Å²) >= 11 is 0. The molecule has 0 fully saturated rings. The molecule has 0 saturated heterocycles. The predicted molar refractivity (Wildman–Crippen MR) is 68.4 cm³/mol. The molecule has 0 bridgehead atoms. The Balaban J connectivity index is 2.04. The lowest BCUT2D eigenvalue weighted by atomic mass is 10.1. The van der Waals surface area contributed by atoms with E-state index in [9.17, 15) is 4.39 Å². The molecule has 0 saturated carbocycles. The van der Waals surface area contributed by atoms with Crippen LogP contribution in [0.3, 0.4) is 0 Å². The molecule has 0 aromatic heterocycles. The normalized spacial score (nSPS) is 9.74. The van der Waals surface area contributed by atoms with E-state index >= 15 is 0 Å². The number of benzene rings is 2. The van der Waals surface area contributed by atoms with Crippen molar-refractivity contribution in [1.82, 2.24) is 0 Å². The van der Waals surface area contributed by atoms with Crippen molar-refractivity contribution in [3.8, 4) is 17.6 Å². The Labute approximate surface area is 110 Å². The van der Waals surface area contributed by atoms with E-state index in [1.54, 1.807) is 43.5 Å². The third kappa shape index (κ3) is 3.23. The molecule has 96 valence electrons. The fourth-order valence-electron chi connectivity index (χ4n) is 1.59. The average Bonchev–Trinajstić information content (AvgIpc) is 2.47. The molecule has 0 aliphatic carbocycles. The smallest absolute Gasteiger partial charge is 0.140 e. The Morgan fingerprint density at radius 2 is 1.79 bits per heavy atom. The van der Waals surface area contributed by atoms with Crippen molar-refractivity contribution in [1.29, 1.82) is 5.26 Å². The summed E-state index contributed by atoms with van der Waals surface area (Å²) in [6, 6.07) is 13.3. The zero-order valence-electron chi connectivity index (χ0n) is 10.4. The van der Waals surface area contributed by atoms with Crippen LogP contribution in [-0.2, 0) is 6.61 Å². The van der Waals surface area contributed by atoms with Crippen LogP contribution in [0.25, 0.3) is 0 Å². The first-order chi connectivity index (χ1) is 9.22. The second-order valence-corrected chi connectivity index (χ2v) is 3.89. The van der Waals surface area contributed by atoms with Gasteiger partial charge in [0, 0.05) is 0 Å². The molecule has 2 rings (SSSR count). The highest BCUT2D eigenvalue weighted by molar-refractivity contribution is 5.35. The standard InChI is InChI=1S/C15H12FNO2/c1-18-13-3-5-14(6-4-13)19-10-11-2-7-15(16)12(8-11)9-17/h2-8H,10H2,1H3. The van der Waals surface area contributed by atoms with Gasteiger partial charge >= 0.3 is 0 Å². The van der Waals surface area contributed by atoms with Crippen LogP contribution in [0.5, 0.6) is 11.5 Å². The number of nitriles is 1. The van der Waals surface area contributed by atoms with E-state index in [0.29, 0.717) is 5.75 Å². The number of ether oxygens (including phenoxy) is 2. The largest absolute Gasteiger partial charge is 0.497 e. The molecule has 0 spiro atoms. The molecule has 0 aliphatic rings. The topological polar surface area (TPSA) is 42.2 Å². The Kier molecular flexibility index (Phi) is 3.99. The summed E-state index contributed by atoms with van der Waals surface area (Å²) < 4.78 is 23.7. The highest BCUT2D eigenvalue weighted by Gasteiger charge is 2.03. The Hall–Kier alpha value is -2.54. The molecule has 19 heavy (non-hydrogen) atoms. The molecular weight excluding hydrogens is 245 g/mol. The van der Waals surface area contributed by atoms with Gasteiger partial charge in [0.15, 0.2) is 0 Å². The van der Waals surface area contributed by atoms with E-state index in [1.807, 2.05) is 0 Å². The summed E-state index contributed by atoms with van der Waals surface area (Å²) in [6.07, 6.45) is 0. The van der Waals surface area contributed by atoms with Gasteiger partial charge < -0.3 is 9.47 Å². The van der Waals surface area contributed by atoms with Gasteiger partial charge in [0.05, 0.1) is 12.7 Å². The average molecular weight is 257 g/mol. The number of rotatable bonds is 4. The van der Waals surface area contributed by atoms with E-state index < -0.39 is 5.82 Å². The van der Waals surface area contributed by atoms with Gasteiger partial charge in [0.2, 0.25) is 0 Å². The van der Waals surface area contributed by atoms with Crippen LogP contribution in [0.2, 0.25) is 0 Å². The van der Waals surface area contributed by atoms with E-state index in [0.717, 1.165) is 11.3 Å². The number of hydrogen-bond acceptors (Lipinski definition) is 3. The maximum Gasteiger partial charge on any atom is 0.140 e. The molecular formula is C15H12FNO2. The Bertz CT molecular complexity index is 603.